The minimum Gasteiger partial charge on any atom is -0.478 e. The van der Waals surface area contributed by atoms with Crippen LogP contribution < -0.4 is 11.1 Å². The number of benzene rings is 1. The normalized spacial score (nSPS) is 17.1. The Bertz CT molecular complexity index is 411. The van der Waals surface area contributed by atoms with Crippen LogP contribution in [0.2, 0.25) is 0 Å². The van der Waals surface area contributed by atoms with Crippen molar-refractivity contribution in [3.63, 3.8) is 0 Å². The third-order valence-corrected chi connectivity index (χ3v) is 2.73. The Hall–Kier alpha value is -1.71. The van der Waals surface area contributed by atoms with E-state index in [0.717, 1.165) is 18.5 Å². The molecule has 4 heteroatoms. The molecule has 80 valence electrons. The highest BCUT2D eigenvalue weighted by Crippen LogP contribution is 2.39. The molecule has 1 saturated carbocycles. The van der Waals surface area contributed by atoms with Crippen molar-refractivity contribution in [3.05, 3.63) is 23.8 Å². The lowest BCUT2D eigenvalue weighted by Gasteiger charge is -2.15. The molecular weight excluding hydrogens is 192 g/mol. The molecule has 0 aliphatic heterocycles. The van der Waals surface area contributed by atoms with Crippen molar-refractivity contribution in [1.29, 1.82) is 0 Å². The third kappa shape index (κ3) is 2.03. The van der Waals surface area contributed by atoms with E-state index in [1.165, 1.54) is 6.07 Å². The van der Waals surface area contributed by atoms with Crippen LogP contribution in [0.15, 0.2) is 18.2 Å². The Morgan fingerprint density at radius 2 is 2.20 bits per heavy atom. The molecule has 0 saturated heterocycles. The summed E-state index contributed by atoms with van der Waals surface area (Å²) in [5.74, 6) is -0.953. The quantitative estimate of drug-likeness (QED) is 0.660. The van der Waals surface area contributed by atoms with E-state index < -0.39 is 5.97 Å². The van der Waals surface area contributed by atoms with Gasteiger partial charge in [0, 0.05) is 5.54 Å². The molecule has 0 heterocycles. The molecule has 2 rings (SSSR count). The summed E-state index contributed by atoms with van der Waals surface area (Å²) in [4.78, 5) is 10.7. The van der Waals surface area contributed by atoms with Gasteiger partial charge in [-0.3, -0.25) is 0 Å². The molecule has 0 atom stereocenters. The van der Waals surface area contributed by atoms with E-state index in [1.54, 1.807) is 12.1 Å². The number of nitrogens with one attached hydrogen (secondary N) is 1. The summed E-state index contributed by atoms with van der Waals surface area (Å²) < 4.78 is 0. The first-order valence-corrected chi connectivity index (χ1v) is 4.91. The Labute approximate surface area is 88.1 Å². The van der Waals surface area contributed by atoms with Gasteiger partial charge in [0.05, 0.1) is 16.9 Å². The molecule has 0 unspecified atom stereocenters. The SMILES string of the molecule is CC1(Nc2ccc(C(=O)O)cc2N)CC1. The summed E-state index contributed by atoms with van der Waals surface area (Å²) in [6.07, 6.45) is 2.26. The average molecular weight is 206 g/mol. The Kier molecular flexibility index (Phi) is 2.07. The third-order valence-electron chi connectivity index (χ3n) is 2.73. The fourth-order valence-corrected chi connectivity index (χ4v) is 1.45. The van der Waals surface area contributed by atoms with Gasteiger partial charge in [-0.15, -0.1) is 0 Å². The van der Waals surface area contributed by atoms with Crippen molar-refractivity contribution in [2.45, 2.75) is 25.3 Å². The highest BCUT2D eigenvalue weighted by atomic mass is 16.4. The zero-order valence-corrected chi connectivity index (χ0v) is 8.58. The lowest BCUT2D eigenvalue weighted by atomic mass is 10.1. The van der Waals surface area contributed by atoms with Gasteiger partial charge in [0.2, 0.25) is 0 Å². The number of hydrogen-bond donors (Lipinski definition) is 3. The molecule has 0 amide bonds. The number of nitrogens with two attached hydrogens (primary N) is 1. The zero-order valence-electron chi connectivity index (χ0n) is 8.58. The summed E-state index contributed by atoms with van der Waals surface area (Å²) in [6.45, 7) is 2.12. The van der Waals surface area contributed by atoms with E-state index in [-0.39, 0.29) is 11.1 Å². The van der Waals surface area contributed by atoms with E-state index in [1.807, 2.05) is 0 Å². The van der Waals surface area contributed by atoms with E-state index in [2.05, 4.69) is 12.2 Å². The van der Waals surface area contributed by atoms with Crippen LogP contribution in [0.3, 0.4) is 0 Å². The first-order chi connectivity index (χ1) is 7.00. The maximum Gasteiger partial charge on any atom is 0.335 e. The van der Waals surface area contributed by atoms with E-state index in [9.17, 15) is 4.79 Å². The molecule has 4 N–H and O–H groups in total. The zero-order chi connectivity index (χ0) is 11.1. The summed E-state index contributed by atoms with van der Waals surface area (Å²) in [5.41, 5.74) is 7.45. The van der Waals surface area contributed by atoms with Crippen LogP contribution in [0.5, 0.6) is 0 Å². The largest absolute Gasteiger partial charge is 0.478 e. The van der Waals surface area contributed by atoms with E-state index in [4.69, 9.17) is 10.8 Å². The highest BCUT2D eigenvalue weighted by molar-refractivity contribution is 5.90. The lowest BCUT2D eigenvalue weighted by molar-refractivity contribution is 0.0697. The smallest absolute Gasteiger partial charge is 0.335 e. The fourth-order valence-electron chi connectivity index (χ4n) is 1.45. The van der Waals surface area contributed by atoms with Gasteiger partial charge in [0.15, 0.2) is 0 Å². The topological polar surface area (TPSA) is 75.3 Å². The molecule has 0 aromatic heterocycles. The minimum atomic E-state index is -0.953. The van der Waals surface area contributed by atoms with Crippen LogP contribution in [0.25, 0.3) is 0 Å². The molecule has 1 fully saturated rings. The predicted molar refractivity (Wildman–Crippen MR) is 59.1 cm³/mol. The number of anilines is 2. The standard InChI is InChI=1S/C11H14N2O2/c1-11(4-5-11)13-9-3-2-7(10(14)15)6-8(9)12/h2-3,6,13H,4-5,12H2,1H3,(H,14,15). The van der Waals surface area contributed by atoms with Gasteiger partial charge in [0.25, 0.3) is 0 Å². The molecule has 0 bridgehead atoms. The number of aromatic carboxylic acids is 1. The molecule has 4 nitrogen and oxygen atoms in total. The summed E-state index contributed by atoms with van der Waals surface area (Å²) in [6, 6.07) is 4.77. The van der Waals surface area contributed by atoms with Crippen LogP contribution in [0, 0.1) is 0 Å². The summed E-state index contributed by atoms with van der Waals surface area (Å²) in [7, 11) is 0. The summed E-state index contributed by atoms with van der Waals surface area (Å²) >= 11 is 0. The second kappa shape index (κ2) is 3.15. The molecule has 1 aromatic carbocycles. The molecule has 0 radical (unpaired) electrons. The van der Waals surface area contributed by atoms with Crippen molar-refractivity contribution in [2.24, 2.45) is 0 Å². The van der Waals surface area contributed by atoms with Crippen molar-refractivity contribution >= 4 is 17.3 Å². The van der Waals surface area contributed by atoms with Crippen molar-refractivity contribution in [1.82, 2.24) is 0 Å². The van der Waals surface area contributed by atoms with Crippen LogP contribution >= 0.6 is 0 Å². The number of carboxylic acid groups (broad SMARTS) is 1. The maximum atomic E-state index is 10.7. The summed E-state index contributed by atoms with van der Waals surface area (Å²) in [5, 5.41) is 12.1. The monoisotopic (exact) mass is 206 g/mol. The van der Waals surface area contributed by atoms with Crippen LogP contribution in [0.4, 0.5) is 11.4 Å². The first kappa shape index (κ1) is 9.83. The first-order valence-electron chi connectivity index (χ1n) is 4.91. The van der Waals surface area contributed by atoms with E-state index in [0.29, 0.717) is 5.69 Å². The number of hydrogen-bond acceptors (Lipinski definition) is 3. The van der Waals surface area contributed by atoms with Crippen LogP contribution in [-0.2, 0) is 0 Å². The Balaban J connectivity index is 2.22. The van der Waals surface area contributed by atoms with Crippen molar-refractivity contribution in [2.75, 3.05) is 11.1 Å². The molecule has 1 aromatic rings. The van der Waals surface area contributed by atoms with Gasteiger partial charge in [-0.05, 0) is 38.0 Å². The molecule has 0 spiro atoms. The second-order valence-electron chi connectivity index (χ2n) is 4.29. The number of carbonyl (C=O) groups is 1. The van der Waals surface area contributed by atoms with E-state index >= 15 is 0 Å². The van der Waals surface area contributed by atoms with Crippen LogP contribution in [0.1, 0.15) is 30.1 Å². The number of nitrogen functional groups attached to an aromatic ring is 1. The highest BCUT2D eigenvalue weighted by Gasteiger charge is 2.37. The Morgan fingerprint density at radius 3 is 2.67 bits per heavy atom. The van der Waals surface area contributed by atoms with Gasteiger partial charge in [-0.1, -0.05) is 0 Å². The van der Waals surface area contributed by atoms with Gasteiger partial charge in [-0.2, -0.15) is 0 Å². The predicted octanol–water partition coefficient (Wildman–Crippen LogP) is 1.93. The number of rotatable bonds is 3. The second-order valence-corrected chi connectivity index (χ2v) is 4.29. The van der Waals surface area contributed by atoms with Crippen molar-refractivity contribution in [3.8, 4) is 0 Å². The van der Waals surface area contributed by atoms with Crippen LogP contribution in [-0.4, -0.2) is 16.6 Å². The molecule has 1 aliphatic rings. The molecular formula is C11H14N2O2. The van der Waals surface area contributed by atoms with Crippen molar-refractivity contribution < 1.29 is 9.90 Å². The minimum absolute atomic E-state index is 0.152. The fraction of sp³-hybridized carbons (Fsp3) is 0.364. The molecule has 15 heavy (non-hydrogen) atoms. The van der Waals surface area contributed by atoms with Gasteiger partial charge in [-0.25, -0.2) is 4.79 Å². The lowest BCUT2D eigenvalue weighted by Crippen LogP contribution is -2.17. The van der Waals surface area contributed by atoms with Gasteiger partial charge >= 0.3 is 5.97 Å². The van der Waals surface area contributed by atoms with Gasteiger partial charge < -0.3 is 16.2 Å². The molecule has 1 aliphatic carbocycles. The average Bonchev–Trinajstić information content (AvgIpc) is 2.87. The van der Waals surface area contributed by atoms with Gasteiger partial charge in [0.1, 0.15) is 0 Å². The maximum absolute atomic E-state index is 10.7. The number of carboxylic acids is 1. The Morgan fingerprint density at radius 1 is 1.53 bits per heavy atom.